The van der Waals surface area contributed by atoms with Crippen molar-refractivity contribution in [2.24, 2.45) is 0 Å². The van der Waals surface area contributed by atoms with Gasteiger partial charge in [0.1, 0.15) is 5.75 Å². The Kier molecular flexibility index (Phi) is 3.93. The number of methoxy groups -OCH3 is 1. The van der Waals surface area contributed by atoms with Crippen LogP contribution in [0, 0.1) is 6.92 Å². The van der Waals surface area contributed by atoms with Gasteiger partial charge in [-0.3, -0.25) is 9.78 Å². The van der Waals surface area contributed by atoms with Crippen molar-refractivity contribution in [3.63, 3.8) is 0 Å². The summed E-state index contributed by atoms with van der Waals surface area (Å²) in [5.41, 5.74) is 9.36. The number of ether oxygens (including phenoxy) is 1. The van der Waals surface area contributed by atoms with Crippen LogP contribution in [0.1, 0.15) is 23.1 Å². The molecule has 0 N–H and O–H groups in total. The number of rotatable bonds is 3. The number of hydrogen-bond donors (Lipinski definition) is 0. The summed E-state index contributed by atoms with van der Waals surface area (Å²) in [5, 5.41) is 0. The molecule has 0 saturated heterocycles. The van der Waals surface area contributed by atoms with E-state index < -0.39 is 0 Å². The van der Waals surface area contributed by atoms with E-state index in [9.17, 15) is 4.79 Å². The first-order valence-electron chi connectivity index (χ1n) is 9.70. The molecular formula is C24H22N2O2. The highest BCUT2D eigenvalue weighted by Gasteiger charge is 2.31. The van der Waals surface area contributed by atoms with Crippen LogP contribution in [0.4, 0.5) is 5.69 Å². The number of carbonyl (C=O) groups is 1. The molecule has 3 aromatic rings. The summed E-state index contributed by atoms with van der Waals surface area (Å²) in [6, 6.07) is 12.9. The maximum atomic E-state index is 12.2. The van der Waals surface area contributed by atoms with Gasteiger partial charge in [0.25, 0.3) is 0 Å². The van der Waals surface area contributed by atoms with Crippen molar-refractivity contribution in [1.29, 1.82) is 0 Å². The lowest BCUT2D eigenvalue weighted by Crippen LogP contribution is -2.32. The van der Waals surface area contributed by atoms with E-state index in [2.05, 4.69) is 42.2 Å². The molecule has 2 aliphatic heterocycles. The van der Waals surface area contributed by atoms with Gasteiger partial charge >= 0.3 is 0 Å². The van der Waals surface area contributed by atoms with Crippen molar-refractivity contribution in [2.45, 2.75) is 26.2 Å². The molecule has 3 heterocycles. The monoisotopic (exact) mass is 370 g/mol. The summed E-state index contributed by atoms with van der Waals surface area (Å²) >= 11 is 0. The van der Waals surface area contributed by atoms with E-state index in [1.807, 2.05) is 23.4 Å². The average molecular weight is 370 g/mol. The van der Waals surface area contributed by atoms with E-state index in [1.165, 1.54) is 16.7 Å². The van der Waals surface area contributed by atoms with Crippen LogP contribution in [-0.2, 0) is 17.6 Å². The topological polar surface area (TPSA) is 42.4 Å². The highest BCUT2D eigenvalue weighted by Crippen LogP contribution is 2.40. The van der Waals surface area contributed by atoms with Gasteiger partial charge in [0, 0.05) is 36.5 Å². The molecule has 1 aromatic heterocycles. The second-order valence-corrected chi connectivity index (χ2v) is 7.59. The molecule has 0 bridgehead atoms. The number of benzene rings is 2. The third-order valence-electron chi connectivity index (χ3n) is 5.85. The third kappa shape index (κ3) is 2.68. The van der Waals surface area contributed by atoms with E-state index in [-0.39, 0.29) is 5.91 Å². The number of aryl methyl sites for hydroxylation is 2. The Hall–Kier alpha value is -3.14. The Morgan fingerprint density at radius 2 is 1.64 bits per heavy atom. The molecule has 0 saturated carbocycles. The van der Waals surface area contributed by atoms with Crippen LogP contribution in [0.2, 0.25) is 0 Å². The average Bonchev–Trinajstić information content (AvgIpc) is 3.16. The Morgan fingerprint density at radius 1 is 0.893 bits per heavy atom. The van der Waals surface area contributed by atoms with Crippen molar-refractivity contribution < 1.29 is 9.53 Å². The molecule has 2 aliphatic rings. The van der Waals surface area contributed by atoms with Crippen molar-refractivity contribution in [3.05, 3.63) is 65.5 Å². The fraction of sp³-hybridized carbons (Fsp3) is 0.250. The minimum Gasteiger partial charge on any atom is -0.496 e. The highest BCUT2D eigenvalue weighted by atomic mass is 16.5. The molecule has 4 nitrogen and oxygen atoms in total. The molecule has 0 unspecified atom stereocenters. The van der Waals surface area contributed by atoms with Crippen LogP contribution in [0.25, 0.3) is 22.3 Å². The molecule has 0 atom stereocenters. The lowest BCUT2D eigenvalue weighted by molar-refractivity contribution is -0.118. The van der Waals surface area contributed by atoms with E-state index >= 15 is 0 Å². The summed E-state index contributed by atoms with van der Waals surface area (Å²) in [5.74, 6) is 1.15. The second kappa shape index (κ2) is 6.48. The standard InChI is InChI=1S/C24H22N2O2/c1-15-9-16(3-5-22(15)28-2)20-12-21(14-25-13-20)19-10-17-4-6-23(27)26-8-7-18(11-19)24(17)26/h3,5,9-14H,4,6-8H2,1-2H3. The summed E-state index contributed by atoms with van der Waals surface area (Å²) in [6.07, 6.45) is 6.21. The fourth-order valence-corrected chi connectivity index (χ4v) is 4.44. The van der Waals surface area contributed by atoms with Gasteiger partial charge in [-0.05, 0) is 77.9 Å². The van der Waals surface area contributed by atoms with Gasteiger partial charge < -0.3 is 9.64 Å². The summed E-state index contributed by atoms with van der Waals surface area (Å²) in [4.78, 5) is 18.6. The van der Waals surface area contributed by atoms with Crippen LogP contribution in [0.5, 0.6) is 5.75 Å². The second-order valence-electron chi connectivity index (χ2n) is 7.59. The first kappa shape index (κ1) is 17.0. The van der Waals surface area contributed by atoms with Crippen LogP contribution >= 0.6 is 0 Å². The van der Waals surface area contributed by atoms with Gasteiger partial charge in [-0.2, -0.15) is 0 Å². The molecule has 5 rings (SSSR count). The first-order valence-corrected chi connectivity index (χ1v) is 9.70. The van der Waals surface area contributed by atoms with Crippen LogP contribution in [0.15, 0.2) is 48.8 Å². The highest BCUT2D eigenvalue weighted by molar-refractivity contribution is 5.99. The van der Waals surface area contributed by atoms with E-state index in [1.54, 1.807) is 7.11 Å². The van der Waals surface area contributed by atoms with Crippen molar-refractivity contribution in [2.75, 3.05) is 18.6 Å². The molecule has 0 radical (unpaired) electrons. The Labute approximate surface area is 164 Å². The zero-order valence-corrected chi connectivity index (χ0v) is 16.2. The van der Waals surface area contributed by atoms with Gasteiger partial charge in [0.05, 0.1) is 12.8 Å². The number of nitrogens with zero attached hydrogens (tertiary/aromatic N) is 2. The Bertz CT molecular complexity index is 1100. The van der Waals surface area contributed by atoms with Crippen LogP contribution < -0.4 is 9.64 Å². The van der Waals surface area contributed by atoms with Crippen molar-refractivity contribution >= 4 is 11.6 Å². The summed E-state index contributed by atoms with van der Waals surface area (Å²) in [6.45, 7) is 2.87. The van der Waals surface area contributed by atoms with E-state index in [4.69, 9.17) is 4.74 Å². The largest absolute Gasteiger partial charge is 0.496 e. The fourth-order valence-electron chi connectivity index (χ4n) is 4.44. The van der Waals surface area contributed by atoms with Gasteiger partial charge in [0.15, 0.2) is 0 Å². The van der Waals surface area contributed by atoms with Gasteiger partial charge in [0.2, 0.25) is 5.91 Å². The molecular weight excluding hydrogens is 348 g/mol. The van der Waals surface area contributed by atoms with Crippen LogP contribution in [0.3, 0.4) is 0 Å². The normalized spacial score (nSPS) is 14.9. The minimum atomic E-state index is 0.262. The molecule has 0 fully saturated rings. The smallest absolute Gasteiger partial charge is 0.227 e. The summed E-state index contributed by atoms with van der Waals surface area (Å²) < 4.78 is 5.38. The Balaban J connectivity index is 1.56. The zero-order valence-electron chi connectivity index (χ0n) is 16.2. The Morgan fingerprint density at radius 3 is 2.39 bits per heavy atom. The predicted molar refractivity (Wildman–Crippen MR) is 111 cm³/mol. The first-order chi connectivity index (χ1) is 13.6. The van der Waals surface area contributed by atoms with Crippen molar-refractivity contribution in [1.82, 2.24) is 4.98 Å². The lowest BCUT2D eigenvalue weighted by atomic mass is 9.93. The molecule has 2 aromatic carbocycles. The summed E-state index contributed by atoms with van der Waals surface area (Å²) in [7, 11) is 1.69. The van der Waals surface area contributed by atoms with Gasteiger partial charge in [-0.25, -0.2) is 0 Å². The number of amides is 1. The van der Waals surface area contributed by atoms with Crippen LogP contribution in [-0.4, -0.2) is 24.5 Å². The predicted octanol–water partition coefficient (Wildman–Crippen LogP) is 4.57. The zero-order chi connectivity index (χ0) is 19.3. The number of hydrogen-bond acceptors (Lipinski definition) is 3. The van der Waals surface area contributed by atoms with Gasteiger partial charge in [-0.1, -0.05) is 6.07 Å². The lowest BCUT2D eigenvalue weighted by Gasteiger charge is -2.25. The van der Waals surface area contributed by atoms with Gasteiger partial charge in [-0.15, -0.1) is 0 Å². The molecule has 4 heteroatoms. The third-order valence-corrected chi connectivity index (χ3v) is 5.85. The molecule has 0 aliphatic carbocycles. The maximum Gasteiger partial charge on any atom is 0.227 e. The number of anilines is 1. The van der Waals surface area contributed by atoms with Crippen molar-refractivity contribution in [3.8, 4) is 28.0 Å². The number of pyridine rings is 1. The van der Waals surface area contributed by atoms with E-state index in [0.29, 0.717) is 6.42 Å². The number of aromatic nitrogens is 1. The van der Waals surface area contributed by atoms with E-state index in [0.717, 1.165) is 53.1 Å². The maximum absolute atomic E-state index is 12.2. The molecule has 140 valence electrons. The molecule has 0 spiro atoms. The number of carbonyl (C=O) groups excluding carboxylic acids is 1. The molecule has 28 heavy (non-hydrogen) atoms. The SMILES string of the molecule is COc1ccc(-c2cncc(-c3cc4c5c(c3)CCN5C(=O)CC4)c2)cc1C. The minimum absolute atomic E-state index is 0.262. The quantitative estimate of drug-likeness (QED) is 0.678. The molecule has 1 amide bonds.